The lowest BCUT2D eigenvalue weighted by Crippen LogP contribution is -2.26. The molecule has 0 radical (unpaired) electrons. The van der Waals surface area contributed by atoms with E-state index in [4.69, 9.17) is 0 Å². The summed E-state index contributed by atoms with van der Waals surface area (Å²) in [6, 6.07) is 8.24. The molecule has 1 unspecified atom stereocenters. The van der Waals surface area contributed by atoms with E-state index in [9.17, 15) is 4.79 Å². The van der Waals surface area contributed by atoms with Crippen LogP contribution < -0.4 is 16.0 Å². The number of fused-ring (bicyclic) bond motifs is 2. The van der Waals surface area contributed by atoms with Gasteiger partial charge in [-0.3, -0.25) is 9.78 Å². The maximum Gasteiger partial charge on any atom is 0.234 e. The Morgan fingerprint density at radius 2 is 1.87 bits per heavy atom. The number of aryl methyl sites for hydroxylation is 1. The van der Waals surface area contributed by atoms with Crippen LogP contribution in [0.25, 0.3) is 0 Å². The number of nitrogens with one attached hydrogen (secondary N) is 3. The first kappa shape index (κ1) is 14.1. The zero-order valence-corrected chi connectivity index (χ0v) is 13.5. The van der Waals surface area contributed by atoms with E-state index in [0.29, 0.717) is 0 Å². The zero-order valence-electron chi connectivity index (χ0n) is 13.5. The molecule has 0 spiro atoms. The number of nitrogens with zero attached hydrogens (tertiary/aromatic N) is 1. The van der Waals surface area contributed by atoms with Crippen molar-refractivity contribution < 1.29 is 4.79 Å². The average Bonchev–Trinajstić information content (AvgIpc) is 3.05. The molecule has 3 N–H and O–H groups in total. The number of pyridine rings is 1. The second-order valence-corrected chi connectivity index (χ2v) is 6.68. The van der Waals surface area contributed by atoms with Gasteiger partial charge in [-0.25, -0.2) is 0 Å². The maximum absolute atomic E-state index is 12.1. The molecule has 5 heteroatoms. The fourth-order valence-electron chi connectivity index (χ4n) is 3.24. The molecule has 0 bridgehead atoms. The smallest absolute Gasteiger partial charge is 0.234 e. The highest BCUT2D eigenvalue weighted by Gasteiger charge is 2.39. The van der Waals surface area contributed by atoms with Gasteiger partial charge in [0.1, 0.15) is 6.17 Å². The van der Waals surface area contributed by atoms with Gasteiger partial charge in [-0.2, -0.15) is 0 Å². The van der Waals surface area contributed by atoms with E-state index in [1.165, 1.54) is 0 Å². The summed E-state index contributed by atoms with van der Waals surface area (Å²) in [6.07, 6.45) is 2.80. The van der Waals surface area contributed by atoms with Crippen LogP contribution in [0.4, 0.5) is 17.1 Å². The molecule has 0 fully saturated rings. The number of benzene rings is 1. The summed E-state index contributed by atoms with van der Waals surface area (Å²) in [5, 5.41) is 9.96. The second kappa shape index (κ2) is 4.72. The molecule has 118 valence electrons. The number of carbonyl (C=O) groups excluding carboxylic acids is 1. The number of hydrogen-bond acceptors (Lipinski definition) is 4. The molecule has 5 nitrogen and oxygen atoms in total. The predicted octanol–water partition coefficient (Wildman–Crippen LogP) is 3.41. The summed E-state index contributed by atoms with van der Waals surface area (Å²) in [4.78, 5) is 16.4. The summed E-state index contributed by atoms with van der Waals surface area (Å²) in [5.74, 6) is 0.0504. The van der Waals surface area contributed by atoms with Crippen LogP contribution in [0, 0.1) is 0 Å². The van der Waals surface area contributed by atoms with Crippen molar-refractivity contribution in [3.63, 3.8) is 0 Å². The highest BCUT2D eigenvalue weighted by molar-refractivity contribution is 6.07. The van der Waals surface area contributed by atoms with Crippen LogP contribution in [-0.4, -0.2) is 10.9 Å². The minimum Gasteiger partial charge on any atom is -0.360 e. The van der Waals surface area contributed by atoms with Crippen LogP contribution in [0.5, 0.6) is 0 Å². The Balaban J connectivity index is 1.68. The molecule has 1 aromatic heterocycles. The van der Waals surface area contributed by atoms with Gasteiger partial charge in [0.25, 0.3) is 0 Å². The fourth-order valence-corrected chi connectivity index (χ4v) is 3.24. The summed E-state index contributed by atoms with van der Waals surface area (Å²) in [5.41, 5.74) is 5.75. The maximum atomic E-state index is 12.1. The van der Waals surface area contributed by atoms with Gasteiger partial charge in [-0.05, 0) is 55.7 Å². The Hall–Kier alpha value is -2.56. The molecule has 3 heterocycles. The van der Waals surface area contributed by atoms with Gasteiger partial charge < -0.3 is 16.0 Å². The van der Waals surface area contributed by atoms with Crippen molar-refractivity contribution in [3.8, 4) is 0 Å². The first-order chi connectivity index (χ1) is 11.0. The molecule has 2 aliphatic rings. The molecule has 0 saturated carbocycles. The van der Waals surface area contributed by atoms with Crippen LogP contribution in [0.1, 0.15) is 43.8 Å². The minimum absolute atomic E-state index is 0.0274. The molecular formula is C18H20N4O. The van der Waals surface area contributed by atoms with Gasteiger partial charge in [0.15, 0.2) is 0 Å². The van der Waals surface area contributed by atoms with Crippen molar-refractivity contribution in [1.82, 2.24) is 4.98 Å². The first-order valence-electron chi connectivity index (χ1n) is 7.97. The molecular weight excluding hydrogens is 288 g/mol. The number of hydrogen-bond donors (Lipinski definition) is 3. The van der Waals surface area contributed by atoms with Crippen molar-refractivity contribution >= 4 is 23.0 Å². The van der Waals surface area contributed by atoms with E-state index in [2.05, 4.69) is 40.0 Å². The van der Waals surface area contributed by atoms with Gasteiger partial charge in [-0.15, -0.1) is 0 Å². The minimum atomic E-state index is -0.490. The standard InChI is InChI=1S/C18H20N4O/c1-4-11-7-10(5-6-19-11)16-20-14-8-12-13(9-15(14)21-16)22-17(23)18(12,2)3/h5-9,16,20-21H,4H2,1-3H3,(H,22,23). The zero-order chi connectivity index (χ0) is 16.2. The highest BCUT2D eigenvalue weighted by Crippen LogP contribution is 2.45. The lowest BCUT2D eigenvalue weighted by molar-refractivity contribution is -0.119. The van der Waals surface area contributed by atoms with Crippen LogP contribution in [-0.2, 0) is 16.6 Å². The summed E-state index contributed by atoms with van der Waals surface area (Å²) in [7, 11) is 0. The largest absolute Gasteiger partial charge is 0.360 e. The van der Waals surface area contributed by atoms with Crippen LogP contribution in [0.3, 0.4) is 0 Å². The van der Waals surface area contributed by atoms with Gasteiger partial charge in [0.05, 0.1) is 16.8 Å². The molecule has 1 atom stereocenters. The van der Waals surface area contributed by atoms with E-state index in [0.717, 1.165) is 40.3 Å². The van der Waals surface area contributed by atoms with Crippen LogP contribution >= 0.6 is 0 Å². The topological polar surface area (TPSA) is 66.0 Å². The molecule has 2 aliphatic heterocycles. The molecule has 1 aromatic carbocycles. The SMILES string of the molecule is CCc1cc(C2Nc3cc4c(cc3N2)C(C)(C)C(=O)N4)ccn1. The van der Waals surface area contributed by atoms with Gasteiger partial charge in [0.2, 0.25) is 5.91 Å². The van der Waals surface area contributed by atoms with E-state index >= 15 is 0 Å². The lowest BCUT2D eigenvalue weighted by Gasteiger charge is -2.15. The van der Waals surface area contributed by atoms with E-state index in [-0.39, 0.29) is 12.1 Å². The van der Waals surface area contributed by atoms with Crippen molar-refractivity contribution in [1.29, 1.82) is 0 Å². The first-order valence-corrected chi connectivity index (χ1v) is 7.97. The van der Waals surface area contributed by atoms with Crippen LogP contribution in [0.15, 0.2) is 30.5 Å². The van der Waals surface area contributed by atoms with Crippen molar-refractivity contribution in [3.05, 3.63) is 47.3 Å². The van der Waals surface area contributed by atoms with Crippen molar-refractivity contribution in [2.24, 2.45) is 0 Å². The monoisotopic (exact) mass is 308 g/mol. The normalized spacial score (nSPS) is 20.3. The van der Waals surface area contributed by atoms with Crippen LogP contribution in [0.2, 0.25) is 0 Å². The molecule has 4 rings (SSSR count). The molecule has 0 saturated heterocycles. The fraction of sp³-hybridized carbons (Fsp3) is 0.333. The van der Waals surface area contributed by atoms with Crippen molar-refractivity contribution in [2.45, 2.75) is 38.8 Å². The van der Waals surface area contributed by atoms with Crippen molar-refractivity contribution in [2.75, 3.05) is 16.0 Å². The third kappa shape index (κ3) is 2.07. The van der Waals surface area contributed by atoms with Gasteiger partial charge in [0, 0.05) is 17.6 Å². The Kier molecular flexibility index (Phi) is 2.88. The average molecular weight is 308 g/mol. The highest BCUT2D eigenvalue weighted by atomic mass is 16.2. The van der Waals surface area contributed by atoms with E-state index < -0.39 is 5.41 Å². The lowest BCUT2D eigenvalue weighted by atomic mass is 9.86. The Labute approximate surface area is 135 Å². The summed E-state index contributed by atoms with van der Waals surface area (Å²) < 4.78 is 0. The Morgan fingerprint density at radius 3 is 2.61 bits per heavy atom. The predicted molar refractivity (Wildman–Crippen MR) is 91.7 cm³/mol. The van der Waals surface area contributed by atoms with Gasteiger partial charge >= 0.3 is 0 Å². The van der Waals surface area contributed by atoms with E-state index in [1.807, 2.05) is 32.2 Å². The molecule has 23 heavy (non-hydrogen) atoms. The quantitative estimate of drug-likeness (QED) is 0.795. The number of anilines is 3. The third-order valence-corrected chi connectivity index (χ3v) is 4.78. The third-order valence-electron chi connectivity index (χ3n) is 4.78. The number of aromatic nitrogens is 1. The number of carbonyl (C=O) groups is 1. The van der Waals surface area contributed by atoms with Gasteiger partial charge in [-0.1, -0.05) is 6.92 Å². The Bertz CT molecular complexity index is 813. The Morgan fingerprint density at radius 1 is 1.13 bits per heavy atom. The summed E-state index contributed by atoms with van der Waals surface area (Å²) >= 11 is 0. The molecule has 1 amide bonds. The molecule has 0 aliphatic carbocycles. The second-order valence-electron chi connectivity index (χ2n) is 6.68. The van der Waals surface area contributed by atoms with E-state index in [1.54, 1.807) is 0 Å². The summed E-state index contributed by atoms with van der Waals surface area (Å²) in [6.45, 7) is 6.01. The number of amides is 1. The number of rotatable bonds is 2. The molecule has 2 aromatic rings.